The number of benzene rings is 6. The van der Waals surface area contributed by atoms with E-state index in [0.717, 1.165) is 50.9 Å². The number of ketones is 3. The van der Waals surface area contributed by atoms with E-state index in [2.05, 4.69) is 38.5 Å². The Labute approximate surface area is 552 Å². The SMILES string of the molecule is C=C(N)c1ccc(CNC(=O)CCC(=O)[C@@H](CO)NCCc2ccc(CN)cc2)cc1.N=C(N)c1ccc(CNC(=O)CCC(=O)[C@@H](CO)NCCc2ccc(OC=O)cc2)cc1.N=C(N)c1ccc(CNC(=O)CCC(=O)[C@@H](CO)NCCc2cccc(C(=O)O)c2)cc1. The fourth-order valence-electron chi connectivity index (χ4n) is 9.05. The molecule has 0 aliphatic carbocycles. The number of amides is 3. The van der Waals surface area contributed by atoms with E-state index >= 15 is 0 Å². The van der Waals surface area contributed by atoms with Crippen LogP contribution in [0.1, 0.15) is 105 Å². The number of nitrogens with one attached hydrogen (secondary N) is 8. The zero-order valence-corrected chi connectivity index (χ0v) is 53.1. The Balaban J connectivity index is 0.000000303. The number of aliphatic hydroxyl groups excluding tert-OH is 3. The molecule has 20 N–H and O–H groups in total. The number of aliphatic hydroxyl groups is 3. The summed E-state index contributed by atoms with van der Waals surface area (Å²) in [5, 5.41) is 69.6. The zero-order chi connectivity index (χ0) is 69.5. The van der Waals surface area contributed by atoms with E-state index in [9.17, 15) is 53.7 Å². The number of carbonyl (C=O) groups is 8. The molecule has 0 radical (unpaired) electrons. The summed E-state index contributed by atoms with van der Waals surface area (Å²) < 4.78 is 4.74. The summed E-state index contributed by atoms with van der Waals surface area (Å²) in [6.07, 6.45) is 2.03. The van der Waals surface area contributed by atoms with Crippen molar-refractivity contribution in [2.24, 2.45) is 22.9 Å². The number of carboxylic acids is 1. The summed E-state index contributed by atoms with van der Waals surface area (Å²) in [7, 11) is 0. The average molecular weight is 1310 g/mol. The van der Waals surface area contributed by atoms with Gasteiger partial charge in [0.05, 0.1) is 43.5 Å². The van der Waals surface area contributed by atoms with Crippen LogP contribution in [0.5, 0.6) is 5.75 Å². The number of nitrogen functional groups attached to an aromatic ring is 2. The molecular weight excluding hydrogens is 1220 g/mol. The first-order valence-corrected chi connectivity index (χ1v) is 30.8. The molecule has 0 saturated heterocycles. The van der Waals surface area contributed by atoms with Crippen LogP contribution < -0.4 is 59.6 Å². The largest absolute Gasteiger partial charge is 0.478 e. The number of hydrogen-bond donors (Lipinski definition) is 16. The third kappa shape index (κ3) is 30.0. The summed E-state index contributed by atoms with van der Waals surface area (Å²) >= 11 is 0. The molecule has 25 nitrogen and oxygen atoms in total. The molecule has 0 spiro atoms. The summed E-state index contributed by atoms with van der Waals surface area (Å²) in [5.41, 5.74) is 31.4. The molecule has 6 rings (SSSR count). The van der Waals surface area contributed by atoms with Crippen molar-refractivity contribution in [2.45, 2.75) is 102 Å². The third-order valence-electron chi connectivity index (χ3n) is 14.8. The number of ether oxygens (including phenoxy) is 1. The van der Waals surface area contributed by atoms with Crippen molar-refractivity contribution in [1.82, 2.24) is 31.9 Å². The summed E-state index contributed by atoms with van der Waals surface area (Å²) in [6.45, 7) is 5.87. The van der Waals surface area contributed by atoms with Gasteiger partial charge in [0.2, 0.25) is 17.7 Å². The Kier molecular flexibility index (Phi) is 34.9. The molecule has 506 valence electrons. The van der Waals surface area contributed by atoms with Crippen LogP contribution in [0.15, 0.2) is 152 Å². The van der Waals surface area contributed by atoms with E-state index in [0.29, 0.717) is 87.7 Å². The predicted octanol–water partition coefficient (Wildman–Crippen LogP) is 2.73. The minimum absolute atomic E-state index is 0.00317. The number of aromatic carboxylic acids is 1. The monoisotopic (exact) mass is 1300 g/mol. The van der Waals surface area contributed by atoms with Crippen LogP contribution in [0.4, 0.5) is 0 Å². The van der Waals surface area contributed by atoms with Crippen LogP contribution in [-0.4, -0.2) is 137 Å². The Hall–Kier alpha value is -10.1. The number of nitrogens with two attached hydrogens (primary N) is 4. The number of hydrogen-bond acceptors (Lipinski definition) is 19. The predicted molar refractivity (Wildman–Crippen MR) is 361 cm³/mol. The second-order valence-electron chi connectivity index (χ2n) is 21.9. The van der Waals surface area contributed by atoms with Gasteiger partial charge in [-0.1, -0.05) is 128 Å². The normalized spacial score (nSPS) is 11.5. The first kappa shape index (κ1) is 77.3. The molecule has 0 saturated carbocycles. The number of carbonyl (C=O) groups excluding carboxylic acids is 7. The van der Waals surface area contributed by atoms with Gasteiger partial charge in [0.15, 0.2) is 17.3 Å². The lowest BCUT2D eigenvalue weighted by molar-refractivity contribution is -0.127. The van der Waals surface area contributed by atoms with Crippen molar-refractivity contribution in [2.75, 3.05) is 39.5 Å². The lowest BCUT2D eigenvalue weighted by atomic mass is 10.1. The molecule has 0 aliphatic heterocycles. The lowest BCUT2D eigenvalue weighted by Crippen LogP contribution is -2.41. The maximum atomic E-state index is 12.3. The second-order valence-corrected chi connectivity index (χ2v) is 21.9. The molecule has 3 atom stereocenters. The molecule has 0 aliphatic rings. The standard InChI is InChI=1S/C24H32N4O3.2C23H28N4O5/c1-17(26)21-8-6-20(7-9-21)15-28-24(31)11-10-23(30)22(16-29)27-13-12-18-2-4-19(14-25)5-3-18;24-23(25)18-5-1-17(2-6-18)13-27-22(31)10-9-21(30)20(14-28)26-12-11-16-3-7-19(8-4-16)32-15-29;24-22(25)17-6-4-16(5-7-17)13-27-21(30)9-8-20(29)19(14-28)26-11-10-15-2-1-3-18(12-15)23(31)32/h2-9,22,27,29H,1,10-16,25-26H2,(H,28,31);1-8,15,20,26,28H,9-14H2,(H3,24,25)(H,27,31);1-7,12,19,26,28H,8-11,13-14H2,(H3,24,25)(H,27,30)(H,31,32)/t22-;20-;19-/m111/s1. The molecule has 0 heterocycles. The summed E-state index contributed by atoms with van der Waals surface area (Å²) in [4.78, 5) is 94.5. The van der Waals surface area contributed by atoms with E-state index in [-0.39, 0.29) is 104 Å². The van der Waals surface area contributed by atoms with Crippen LogP contribution in [0.2, 0.25) is 0 Å². The second kappa shape index (κ2) is 42.9. The van der Waals surface area contributed by atoms with E-state index in [1.165, 1.54) is 6.07 Å². The van der Waals surface area contributed by atoms with Gasteiger partial charge in [0.1, 0.15) is 17.4 Å². The molecule has 25 heteroatoms. The van der Waals surface area contributed by atoms with Gasteiger partial charge in [-0.15, -0.1) is 0 Å². The van der Waals surface area contributed by atoms with Crippen LogP contribution in [-0.2, 0) is 79.0 Å². The molecule has 6 aromatic carbocycles. The molecule has 6 aromatic rings. The van der Waals surface area contributed by atoms with Crippen molar-refractivity contribution in [3.8, 4) is 5.75 Å². The third-order valence-corrected chi connectivity index (χ3v) is 14.8. The highest BCUT2D eigenvalue weighted by molar-refractivity contribution is 5.95. The first-order chi connectivity index (χ1) is 45.6. The lowest BCUT2D eigenvalue weighted by Gasteiger charge is -2.15. The molecule has 0 bridgehead atoms. The minimum Gasteiger partial charge on any atom is -0.478 e. The van der Waals surface area contributed by atoms with E-state index < -0.39 is 30.7 Å². The van der Waals surface area contributed by atoms with Crippen LogP contribution in [0.25, 0.3) is 5.70 Å². The minimum atomic E-state index is -1.01. The van der Waals surface area contributed by atoms with E-state index in [1.807, 2.05) is 60.7 Å². The molecule has 3 amide bonds. The Morgan fingerprint density at radius 3 is 1.12 bits per heavy atom. The highest BCUT2D eigenvalue weighted by Crippen LogP contribution is 2.14. The van der Waals surface area contributed by atoms with Gasteiger partial charge in [-0.05, 0) is 108 Å². The number of rotatable bonds is 40. The van der Waals surface area contributed by atoms with Crippen molar-refractivity contribution in [3.63, 3.8) is 0 Å². The zero-order valence-electron chi connectivity index (χ0n) is 53.1. The summed E-state index contributed by atoms with van der Waals surface area (Å²) in [5.74, 6) is -2.04. The van der Waals surface area contributed by atoms with E-state index in [4.69, 9.17) is 43.6 Å². The van der Waals surface area contributed by atoms with Crippen LogP contribution in [0, 0.1) is 10.8 Å². The van der Waals surface area contributed by atoms with E-state index in [1.54, 1.807) is 78.9 Å². The number of Topliss-reactive ketones (excluding diaryl/α,β-unsaturated/α-hetero) is 3. The first-order valence-electron chi connectivity index (χ1n) is 30.8. The fourth-order valence-corrected chi connectivity index (χ4v) is 9.05. The topological polar surface area (TPSA) is 451 Å². The fraction of sp³-hybridized carbons (Fsp3) is 0.314. The molecule has 0 fully saturated rings. The van der Waals surface area contributed by atoms with Crippen molar-refractivity contribution < 1.29 is 63.5 Å². The molecular formula is C70H88N12O13. The van der Waals surface area contributed by atoms with Gasteiger partial charge < -0.3 is 80.0 Å². The maximum absolute atomic E-state index is 12.3. The molecule has 95 heavy (non-hydrogen) atoms. The average Bonchev–Trinajstić information content (AvgIpc) is 2.00. The van der Waals surface area contributed by atoms with Crippen molar-refractivity contribution >= 4 is 64.9 Å². The van der Waals surface area contributed by atoms with Crippen molar-refractivity contribution in [1.29, 1.82) is 10.8 Å². The number of amidine groups is 2. The van der Waals surface area contributed by atoms with Gasteiger partial charge in [0, 0.05) is 81.5 Å². The molecule has 0 unspecified atom stereocenters. The van der Waals surface area contributed by atoms with Gasteiger partial charge in [-0.2, -0.15) is 0 Å². The van der Waals surface area contributed by atoms with Crippen LogP contribution >= 0.6 is 0 Å². The summed E-state index contributed by atoms with van der Waals surface area (Å²) in [6, 6.07) is 40.6. The highest BCUT2D eigenvalue weighted by atomic mass is 16.5. The van der Waals surface area contributed by atoms with Gasteiger partial charge in [0.25, 0.3) is 6.47 Å². The highest BCUT2D eigenvalue weighted by Gasteiger charge is 2.21. The smallest absolute Gasteiger partial charge is 0.335 e. The van der Waals surface area contributed by atoms with Gasteiger partial charge >= 0.3 is 5.97 Å². The van der Waals surface area contributed by atoms with Crippen molar-refractivity contribution in [3.05, 3.63) is 213 Å². The Morgan fingerprint density at radius 1 is 0.453 bits per heavy atom. The quantitative estimate of drug-likeness (QED) is 0.0149. The van der Waals surface area contributed by atoms with Gasteiger partial charge in [-0.3, -0.25) is 44.4 Å². The Morgan fingerprint density at radius 2 is 0.789 bits per heavy atom. The maximum Gasteiger partial charge on any atom is 0.335 e. The van der Waals surface area contributed by atoms with Gasteiger partial charge in [-0.25, -0.2) is 4.79 Å². The Bertz CT molecular complexity index is 3460. The van der Waals surface area contributed by atoms with Crippen LogP contribution in [0.3, 0.4) is 0 Å². The molecule has 0 aromatic heterocycles. The number of carboxylic acid groups (broad SMARTS) is 1.